The first kappa shape index (κ1) is 18.6. The minimum atomic E-state index is -2.47. The van der Waals surface area contributed by atoms with E-state index in [2.05, 4.69) is 25.7 Å². The maximum atomic E-state index is 13.5. The zero-order chi connectivity index (χ0) is 17.5. The molecule has 0 aromatic carbocycles. The molecule has 0 spiro atoms. The summed E-state index contributed by atoms with van der Waals surface area (Å²) in [6.45, 7) is 8.16. The van der Waals surface area contributed by atoms with Crippen molar-refractivity contribution in [3.05, 3.63) is 0 Å². The zero-order valence-corrected chi connectivity index (χ0v) is 16.0. The average Bonchev–Trinajstić information content (AvgIpc) is 2.93. The molecule has 1 aliphatic carbocycles. The predicted octanol–water partition coefficient (Wildman–Crippen LogP) is 4.64. The van der Waals surface area contributed by atoms with Crippen molar-refractivity contribution in [3.8, 4) is 0 Å². The van der Waals surface area contributed by atoms with Gasteiger partial charge in [0.15, 0.2) is 0 Å². The van der Waals surface area contributed by atoms with E-state index in [1.807, 2.05) is 11.9 Å². The van der Waals surface area contributed by atoms with Gasteiger partial charge in [-0.2, -0.15) is 0 Å². The third-order valence-electron chi connectivity index (χ3n) is 6.50. The molecule has 2 nitrogen and oxygen atoms in total. The molecule has 0 amide bonds. The van der Waals surface area contributed by atoms with E-state index in [-0.39, 0.29) is 19.0 Å². The van der Waals surface area contributed by atoms with Gasteiger partial charge < -0.3 is 0 Å². The quantitative estimate of drug-likeness (QED) is 0.665. The molecule has 0 aromatic heterocycles. The molecule has 140 valence electrons. The summed E-state index contributed by atoms with van der Waals surface area (Å²) in [5.74, 6) is -0.306. The first-order valence-electron chi connectivity index (χ1n) is 10.1. The molecule has 3 fully saturated rings. The van der Waals surface area contributed by atoms with Crippen LogP contribution in [0, 0.1) is 17.8 Å². The Hall–Kier alpha value is -0.220. The number of likely N-dealkylation sites (tertiary alicyclic amines) is 2. The molecule has 2 heterocycles. The second-order valence-corrected chi connectivity index (χ2v) is 9.43. The number of alkyl halides is 2. The van der Waals surface area contributed by atoms with Crippen LogP contribution in [0.2, 0.25) is 0 Å². The van der Waals surface area contributed by atoms with E-state index in [0.29, 0.717) is 5.92 Å². The average molecular weight is 343 g/mol. The van der Waals surface area contributed by atoms with Crippen LogP contribution in [-0.2, 0) is 0 Å². The van der Waals surface area contributed by atoms with Crippen molar-refractivity contribution in [3.63, 3.8) is 0 Å². The van der Waals surface area contributed by atoms with Gasteiger partial charge in [0.05, 0.1) is 6.54 Å². The summed E-state index contributed by atoms with van der Waals surface area (Å²) in [5, 5.41) is 0. The first-order chi connectivity index (χ1) is 11.2. The maximum Gasteiger partial charge on any atom is 0.262 e. The lowest BCUT2D eigenvalue weighted by molar-refractivity contribution is 0.0139. The van der Waals surface area contributed by atoms with Crippen molar-refractivity contribution >= 4 is 0 Å². The van der Waals surface area contributed by atoms with Crippen LogP contribution in [0.5, 0.6) is 0 Å². The van der Waals surface area contributed by atoms with Crippen LogP contribution in [-0.4, -0.2) is 54.0 Å². The Morgan fingerprint density at radius 3 is 2.46 bits per heavy atom. The maximum absolute atomic E-state index is 13.5. The molecule has 1 saturated carbocycles. The van der Waals surface area contributed by atoms with Crippen molar-refractivity contribution < 1.29 is 8.78 Å². The van der Waals surface area contributed by atoms with Crippen molar-refractivity contribution in [2.45, 2.75) is 89.8 Å². The van der Waals surface area contributed by atoms with Gasteiger partial charge >= 0.3 is 0 Å². The third kappa shape index (κ3) is 4.49. The molecule has 24 heavy (non-hydrogen) atoms. The summed E-state index contributed by atoms with van der Waals surface area (Å²) in [5.41, 5.74) is 0. The molecule has 3 aliphatic rings. The summed E-state index contributed by atoms with van der Waals surface area (Å²) < 4.78 is 27.1. The second kappa shape index (κ2) is 7.19. The SMILES string of the molecule is CC(C)CC1CCCN1C1CC1CC(C)C[C@@H]1CC(F)(F)CN1C. The van der Waals surface area contributed by atoms with Gasteiger partial charge in [-0.25, -0.2) is 8.78 Å². The van der Waals surface area contributed by atoms with E-state index >= 15 is 0 Å². The molecule has 4 unspecified atom stereocenters. The van der Waals surface area contributed by atoms with Gasteiger partial charge in [0.1, 0.15) is 0 Å². The molecule has 0 aromatic rings. The fraction of sp³-hybridized carbons (Fsp3) is 1.00. The van der Waals surface area contributed by atoms with E-state index in [1.54, 1.807) is 0 Å². The second-order valence-electron chi connectivity index (χ2n) is 9.43. The highest BCUT2D eigenvalue weighted by atomic mass is 19.3. The van der Waals surface area contributed by atoms with Crippen molar-refractivity contribution in [2.24, 2.45) is 17.8 Å². The number of hydrogen-bond donors (Lipinski definition) is 0. The van der Waals surface area contributed by atoms with Crippen molar-refractivity contribution in [1.82, 2.24) is 9.80 Å². The van der Waals surface area contributed by atoms with Crippen LogP contribution < -0.4 is 0 Å². The van der Waals surface area contributed by atoms with Crippen LogP contribution in [0.4, 0.5) is 8.78 Å². The largest absolute Gasteiger partial charge is 0.297 e. The molecular weight excluding hydrogens is 306 g/mol. The third-order valence-corrected chi connectivity index (χ3v) is 6.50. The van der Waals surface area contributed by atoms with E-state index in [1.165, 1.54) is 38.6 Å². The van der Waals surface area contributed by atoms with E-state index in [4.69, 9.17) is 0 Å². The van der Waals surface area contributed by atoms with Crippen molar-refractivity contribution in [2.75, 3.05) is 20.1 Å². The Balaban J connectivity index is 1.43. The summed E-state index contributed by atoms with van der Waals surface area (Å²) in [4.78, 5) is 4.66. The molecule has 0 N–H and O–H groups in total. The van der Waals surface area contributed by atoms with E-state index in [9.17, 15) is 8.78 Å². The first-order valence-corrected chi connectivity index (χ1v) is 10.1. The summed E-state index contributed by atoms with van der Waals surface area (Å²) in [7, 11) is 1.86. The normalized spacial score (nSPS) is 38.1. The number of nitrogens with zero attached hydrogens (tertiary/aromatic N) is 2. The fourth-order valence-electron chi connectivity index (χ4n) is 5.38. The molecule has 0 bridgehead atoms. The number of hydrogen-bond acceptors (Lipinski definition) is 2. The van der Waals surface area contributed by atoms with Gasteiger partial charge in [0.2, 0.25) is 0 Å². The van der Waals surface area contributed by atoms with Crippen LogP contribution in [0.3, 0.4) is 0 Å². The molecular formula is C20H36F2N2. The minimum Gasteiger partial charge on any atom is -0.297 e. The molecule has 3 rings (SSSR count). The molecule has 4 heteroatoms. The highest BCUT2D eigenvalue weighted by Gasteiger charge is 2.47. The lowest BCUT2D eigenvalue weighted by Crippen LogP contribution is -2.33. The molecule has 5 atom stereocenters. The topological polar surface area (TPSA) is 6.48 Å². The Morgan fingerprint density at radius 1 is 1.08 bits per heavy atom. The molecule has 0 radical (unpaired) electrons. The lowest BCUT2D eigenvalue weighted by Gasteiger charge is -2.27. The lowest BCUT2D eigenvalue weighted by atomic mass is 9.94. The Kier molecular flexibility index (Phi) is 5.56. The standard InChI is InChI=1S/C20H36F2N2/c1-14(2)8-17-6-5-7-24(17)19-11-16(19)9-15(3)10-18-12-20(21,22)13-23(18)4/h14-19H,5-13H2,1-4H3/t15?,16?,17?,18-,19?/m1/s1. The molecule has 2 saturated heterocycles. The van der Waals surface area contributed by atoms with Gasteiger partial charge in [-0.3, -0.25) is 9.80 Å². The Morgan fingerprint density at radius 2 is 1.83 bits per heavy atom. The highest BCUT2D eigenvalue weighted by Crippen LogP contribution is 2.45. The van der Waals surface area contributed by atoms with Gasteiger partial charge in [-0.1, -0.05) is 20.8 Å². The van der Waals surface area contributed by atoms with Gasteiger partial charge in [-0.05, 0) is 69.9 Å². The summed E-state index contributed by atoms with van der Waals surface area (Å²) in [6.07, 6.45) is 7.63. The minimum absolute atomic E-state index is 0.0545. The van der Waals surface area contributed by atoms with Gasteiger partial charge in [0, 0.05) is 24.5 Å². The Bertz CT molecular complexity index is 426. The van der Waals surface area contributed by atoms with Crippen molar-refractivity contribution in [1.29, 1.82) is 0 Å². The van der Waals surface area contributed by atoms with Crippen LogP contribution in [0.25, 0.3) is 0 Å². The zero-order valence-electron chi connectivity index (χ0n) is 16.0. The summed E-state index contributed by atoms with van der Waals surface area (Å²) >= 11 is 0. The monoisotopic (exact) mass is 342 g/mol. The highest BCUT2D eigenvalue weighted by molar-refractivity contribution is 5.00. The predicted molar refractivity (Wildman–Crippen MR) is 95.5 cm³/mol. The van der Waals surface area contributed by atoms with Gasteiger partial charge in [0.25, 0.3) is 5.92 Å². The Labute approximate surface area is 147 Å². The van der Waals surface area contributed by atoms with E-state index < -0.39 is 5.92 Å². The molecule has 2 aliphatic heterocycles. The van der Waals surface area contributed by atoms with Crippen LogP contribution in [0.15, 0.2) is 0 Å². The van der Waals surface area contributed by atoms with Gasteiger partial charge in [-0.15, -0.1) is 0 Å². The number of rotatable bonds is 7. The van der Waals surface area contributed by atoms with Crippen LogP contribution in [0.1, 0.15) is 65.7 Å². The van der Waals surface area contributed by atoms with E-state index in [0.717, 1.165) is 30.3 Å². The summed E-state index contributed by atoms with van der Waals surface area (Å²) in [6, 6.07) is 1.67. The smallest absolute Gasteiger partial charge is 0.262 e. The van der Waals surface area contributed by atoms with Crippen LogP contribution >= 0.6 is 0 Å². The fourth-order valence-corrected chi connectivity index (χ4v) is 5.38. The number of halogens is 2.